The first-order valence-electron chi connectivity index (χ1n) is 6.37. The molecule has 2 amide bonds. The first kappa shape index (κ1) is 14.8. The van der Waals surface area contributed by atoms with E-state index in [9.17, 15) is 9.59 Å². The molecular formula is C12H23N3O3. The van der Waals surface area contributed by atoms with E-state index in [0.29, 0.717) is 19.5 Å². The third kappa shape index (κ3) is 3.35. The standard InChI is InChI=1S/C12H23N3O3/c1-5-10(11(16)17)13-12(18)15-6-8(2)14(4)9(3)7-15/h8-10H,5-7H2,1-4H3,(H,13,18)(H,16,17)/t8?,9?,10-/m0/s1. The molecule has 1 aliphatic rings. The normalized spacial score (nSPS) is 26.8. The summed E-state index contributed by atoms with van der Waals surface area (Å²) in [6, 6.07) is -0.521. The van der Waals surface area contributed by atoms with Gasteiger partial charge in [0.05, 0.1) is 0 Å². The third-order valence-corrected chi connectivity index (χ3v) is 3.65. The summed E-state index contributed by atoms with van der Waals surface area (Å²) >= 11 is 0. The molecule has 1 saturated heterocycles. The number of hydrogen-bond acceptors (Lipinski definition) is 3. The maximum absolute atomic E-state index is 12.0. The van der Waals surface area contributed by atoms with Gasteiger partial charge in [0.15, 0.2) is 0 Å². The summed E-state index contributed by atoms with van der Waals surface area (Å²) in [4.78, 5) is 26.8. The maximum Gasteiger partial charge on any atom is 0.326 e. The Morgan fingerprint density at radius 1 is 1.33 bits per heavy atom. The average Bonchev–Trinajstić information content (AvgIpc) is 2.31. The molecule has 0 aromatic rings. The molecule has 1 heterocycles. The molecule has 0 bridgehead atoms. The Morgan fingerprint density at radius 3 is 2.22 bits per heavy atom. The first-order chi connectivity index (χ1) is 8.36. The lowest BCUT2D eigenvalue weighted by molar-refractivity contribution is -0.139. The van der Waals surface area contributed by atoms with Crippen LogP contribution in [0.25, 0.3) is 0 Å². The van der Waals surface area contributed by atoms with E-state index in [-0.39, 0.29) is 18.1 Å². The van der Waals surface area contributed by atoms with Crippen molar-refractivity contribution in [1.29, 1.82) is 0 Å². The van der Waals surface area contributed by atoms with Crippen molar-refractivity contribution in [2.75, 3.05) is 20.1 Å². The Balaban J connectivity index is 2.59. The van der Waals surface area contributed by atoms with Gasteiger partial charge in [-0.25, -0.2) is 9.59 Å². The van der Waals surface area contributed by atoms with E-state index in [1.807, 2.05) is 7.05 Å². The van der Waals surface area contributed by atoms with Crippen molar-refractivity contribution in [2.24, 2.45) is 0 Å². The molecule has 18 heavy (non-hydrogen) atoms. The molecule has 0 spiro atoms. The summed E-state index contributed by atoms with van der Waals surface area (Å²) in [5.41, 5.74) is 0. The van der Waals surface area contributed by atoms with Gasteiger partial charge in [0.25, 0.3) is 0 Å². The van der Waals surface area contributed by atoms with Crippen molar-refractivity contribution < 1.29 is 14.7 Å². The molecule has 104 valence electrons. The van der Waals surface area contributed by atoms with Crippen LogP contribution in [0.15, 0.2) is 0 Å². The number of amides is 2. The van der Waals surface area contributed by atoms with Crippen LogP contribution in [0.2, 0.25) is 0 Å². The summed E-state index contributed by atoms with van der Waals surface area (Å²) in [6.07, 6.45) is 0.389. The van der Waals surface area contributed by atoms with Crippen LogP contribution in [-0.4, -0.2) is 65.2 Å². The molecule has 3 atom stereocenters. The lowest BCUT2D eigenvalue weighted by atomic mass is 10.1. The Bertz CT molecular complexity index is 310. The van der Waals surface area contributed by atoms with Crippen molar-refractivity contribution in [3.05, 3.63) is 0 Å². The number of nitrogens with zero attached hydrogens (tertiary/aromatic N) is 2. The number of nitrogens with one attached hydrogen (secondary N) is 1. The number of rotatable bonds is 3. The van der Waals surface area contributed by atoms with E-state index in [1.165, 1.54) is 0 Å². The fourth-order valence-electron chi connectivity index (χ4n) is 2.15. The predicted molar refractivity (Wildman–Crippen MR) is 68.5 cm³/mol. The summed E-state index contributed by atoms with van der Waals surface area (Å²) in [6.45, 7) is 7.12. The number of carbonyl (C=O) groups is 2. The zero-order valence-electron chi connectivity index (χ0n) is 11.5. The van der Waals surface area contributed by atoms with Crippen LogP contribution in [0.3, 0.4) is 0 Å². The number of likely N-dealkylation sites (N-methyl/N-ethyl adjacent to an activating group) is 1. The van der Waals surface area contributed by atoms with Gasteiger partial charge in [-0.2, -0.15) is 0 Å². The Morgan fingerprint density at radius 2 is 1.83 bits per heavy atom. The maximum atomic E-state index is 12.0. The SMILES string of the molecule is CC[C@H](NC(=O)N1CC(C)N(C)C(C)C1)C(=O)O. The highest BCUT2D eigenvalue weighted by Crippen LogP contribution is 2.13. The number of urea groups is 1. The Labute approximate surface area is 108 Å². The van der Waals surface area contributed by atoms with Crippen molar-refractivity contribution >= 4 is 12.0 Å². The molecule has 0 saturated carbocycles. The number of carbonyl (C=O) groups excluding carboxylic acids is 1. The molecule has 1 fully saturated rings. The Kier molecular flexibility index (Phi) is 4.95. The highest BCUT2D eigenvalue weighted by Gasteiger charge is 2.30. The zero-order chi connectivity index (χ0) is 13.9. The third-order valence-electron chi connectivity index (χ3n) is 3.65. The van der Waals surface area contributed by atoms with E-state index in [4.69, 9.17) is 5.11 Å². The summed E-state index contributed by atoms with van der Waals surface area (Å²) < 4.78 is 0. The lowest BCUT2D eigenvalue weighted by Crippen LogP contribution is -2.59. The van der Waals surface area contributed by atoms with Crippen molar-refractivity contribution in [1.82, 2.24) is 15.1 Å². The van der Waals surface area contributed by atoms with Crippen LogP contribution in [0.5, 0.6) is 0 Å². The van der Waals surface area contributed by atoms with Gasteiger partial charge in [-0.15, -0.1) is 0 Å². The Hall–Kier alpha value is -1.30. The predicted octanol–water partition coefficient (Wildman–Crippen LogP) is 0.584. The molecule has 0 radical (unpaired) electrons. The van der Waals surface area contributed by atoms with Gasteiger partial charge < -0.3 is 15.3 Å². The average molecular weight is 257 g/mol. The fourth-order valence-corrected chi connectivity index (χ4v) is 2.15. The minimum atomic E-state index is -0.985. The van der Waals surface area contributed by atoms with Gasteiger partial charge >= 0.3 is 12.0 Å². The van der Waals surface area contributed by atoms with E-state index in [2.05, 4.69) is 24.1 Å². The smallest absolute Gasteiger partial charge is 0.326 e. The van der Waals surface area contributed by atoms with E-state index >= 15 is 0 Å². The number of carboxylic acid groups (broad SMARTS) is 1. The second-order valence-corrected chi connectivity index (χ2v) is 5.02. The van der Waals surface area contributed by atoms with E-state index in [0.717, 1.165) is 0 Å². The molecule has 0 aromatic heterocycles. The van der Waals surface area contributed by atoms with Crippen LogP contribution < -0.4 is 5.32 Å². The summed E-state index contributed by atoms with van der Waals surface area (Å²) in [5, 5.41) is 11.5. The number of aliphatic carboxylic acids is 1. The van der Waals surface area contributed by atoms with Gasteiger partial charge in [-0.3, -0.25) is 4.90 Å². The van der Waals surface area contributed by atoms with Crippen molar-refractivity contribution in [3.63, 3.8) is 0 Å². The molecule has 1 aliphatic heterocycles. The molecule has 0 aromatic carbocycles. The van der Waals surface area contributed by atoms with Gasteiger partial charge in [0.2, 0.25) is 0 Å². The van der Waals surface area contributed by atoms with Crippen LogP contribution in [0, 0.1) is 0 Å². The van der Waals surface area contributed by atoms with Crippen molar-refractivity contribution in [3.8, 4) is 0 Å². The zero-order valence-corrected chi connectivity index (χ0v) is 11.5. The fraction of sp³-hybridized carbons (Fsp3) is 0.833. The van der Waals surface area contributed by atoms with E-state index in [1.54, 1.807) is 11.8 Å². The van der Waals surface area contributed by atoms with Crippen LogP contribution >= 0.6 is 0 Å². The lowest BCUT2D eigenvalue weighted by Gasteiger charge is -2.42. The van der Waals surface area contributed by atoms with Crippen LogP contribution in [-0.2, 0) is 4.79 Å². The monoisotopic (exact) mass is 257 g/mol. The number of carboxylic acids is 1. The van der Waals surface area contributed by atoms with Gasteiger partial charge in [0.1, 0.15) is 6.04 Å². The molecular weight excluding hydrogens is 234 g/mol. The first-order valence-corrected chi connectivity index (χ1v) is 6.37. The molecule has 6 nitrogen and oxygen atoms in total. The van der Waals surface area contributed by atoms with Crippen molar-refractivity contribution in [2.45, 2.75) is 45.3 Å². The molecule has 1 rings (SSSR count). The van der Waals surface area contributed by atoms with Crippen LogP contribution in [0.4, 0.5) is 4.79 Å². The largest absolute Gasteiger partial charge is 0.480 e. The van der Waals surface area contributed by atoms with Gasteiger partial charge in [-0.05, 0) is 27.3 Å². The quantitative estimate of drug-likeness (QED) is 0.776. The van der Waals surface area contributed by atoms with E-state index < -0.39 is 12.0 Å². The highest BCUT2D eigenvalue weighted by molar-refractivity contribution is 5.82. The molecule has 2 N–H and O–H groups in total. The topological polar surface area (TPSA) is 72.9 Å². The molecule has 2 unspecified atom stereocenters. The summed E-state index contributed by atoms with van der Waals surface area (Å²) in [7, 11) is 2.04. The highest BCUT2D eigenvalue weighted by atomic mass is 16.4. The molecule has 6 heteroatoms. The van der Waals surface area contributed by atoms with Crippen LogP contribution in [0.1, 0.15) is 27.2 Å². The number of hydrogen-bond donors (Lipinski definition) is 2. The molecule has 0 aliphatic carbocycles. The second-order valence-electron chi connectivity index (χ2n) is 5.02. The second kappa shape index (κ2) is 6.04. The summed E-state index contributed by atoms with van der Waals surface area (Å²) in [5.74, 6) is -0.985. The minimum Gasteiger partial charge on any atom is -0.480 e. The number of piperazine rings is 1. The minimum absolute atomic E-state index is 0.281. The van der Waals surface area contributed by atoms with Gasteiger partial charge in [0, 0.05) is 25.2 Å². The van der Waals surface area contributed by atoms with Gasteiger partial charge in [-0.1, -0.05) is 6.92 Å².